The van der Waals surface area contributed by atoms with Crippen LogP contribution in [0.5, 0.6) is 0 Å². The smallest absolute Gasteiger partial charge is 0.0729 e. The molecule has 0 radical (unpaired) electrons. The number of allylic oxidation sites excluding steroid dienone is 1. The largest absolute Gasteiger partial charge is 0.391 e. The number of nitrogens with zero attached hydrogens (tertiary/aromatic N) is 2. The number of hydrogen-bond donors (Lipinski definition) is 1. The van der Waals surface area contributed by atoms with Gasteiger partial charge >= 0.3 is 0 Å². The van der Waals surface area contributed by atoms with Gasteiger partial charge in [0.05, 0.1) is 11.4 Å². The van der Waals surface area contributed by atoms with E-state index >= 15 is 0 Å². The molecule has 1 unspecified atom stereocenters. The number of halogens is 1. The number of piperidine rings is 2. The van der Waals surface area contributed by atoms with Gasteiger partial charge in [-0.2, -0.15) is 0 Å². The van der Waals surface area contributed by atoms with Gasteiger partial charge in [0.2, 0.25) is 0 Å². The molecule has 0 aromatic rings. The average Bonchev–Trinajstić information content (AvgIpc) is 2.65. The zero-order valence-corrected chi connectivity index (χ0v) is 19.9. The van der Waals surface area contributed by atoms with Crippen molar-refractivity contribution in [2.75, 3.05) is 32.8 Å². The molecule has 26 heavy (non-hydrogen) atoms. The van der Waals surface area contributed by atoms with Crippen LogP contribution >= 0.6 is 34.6 Å². The first kappa shape index (κ1) is 21.6. The summed E-state index contributed by atoms with van der Waals surface area (Å²) in [5.41, 5.74) is 0. The number of aliphatic hydroxyl groups is 1. The summed E-state index contributed by atoms with van der Waals surface area (Å²) in [6, 6.07) is 0.811. The van der Waals surface area contributed by atoms with Gasteiger partial charge in [0, 0.05) is 26.4 Å². The van der Waals surface area contributed by atoms with Crippen LogP contribution in [0.15, 0.2) is 10.6 Å². The summed E-state index contributed by atoms with van der Waals surface area (Å²) in [5.74, 6) is 1.33. The van der Waals surface area contributed by atoms with E-state index in [1.54, 1.807) is 0 Å². The summed E-state index contributed by atoms with van der Waals surface area (Å²) in [6.45, 7) is 12.1. The van der Waals surface area contributed by atoms with Crippen molar-refractivity contribution >= 4 is 34.6 Å². The molecule has 1 N–H and O–H groups in total. The predicted octanol–water partition coefficient (Wildman–Crippen LogP) is 5.30. The Labute approximate surface area is 174 Å². The molecule has 0 amide bonds. The van der Waals surface area contributed by atoms with Crippen LogP contribution in [0.3, 0.4) is 0 Å². The van der Waals surface area contributed by atoms with Crippen molar-refractivity contribution < 1.29 is 5.11 Å². The van der Waals surface area contributed by atoms with E-state index < -0.39 is 0 Å². The molecule has 3 aliphatic rings. The molecular formula is C20H36BrN2OPS. The number of likely N-dealkylation sites (tertiary alicyclic amines) is 1. The van der Waals surface area contributed by atoms with E-state index in [2.05, 4.69) is 52.1 Å². The third-order valence-corrected chi connectivity index (χ3v) is 11.7. The first-order chi connectivity index (χ1) is 12.5. The summed E-state index contributed by atoms with van der Waals surface area (Å²) in [6.07, 6.45) is 9.55. The Hall–Kier alpha value is 0.880. The van der Waals surface area contributed by atoms with Crippen molar-refractivity contribution in [1.29, 1.82) is 0 Å². The van der Waals surface area contributed by atoms with Crippen molar-refractivity contribution in [2.45, 2.75) is 69.8 Å². The lowest BCUT2D eigenvalue weighted by Crippen LogP contribution is -2.46. The van der Waals surface area contributed by atoms with Crippen molar-refractivity contribution in [3.63, 3.8) is 0 Å². The average molecular weight is 463 g/mol. The molecule has 2 aliphatic heterocycles. The van der Waals surface area contributed by atoms with Gasteiger partial charge in [-0.3, -0.25) is 4.67 Å². The maximum Gasteiger partial charge on any atom is 0.0729 e. The second-order valence-corrected chi connectivity index (χ2v) is 13.9. The Morgan fingerprint density at radius 1 is 1.19 bits per heavy atom. The molecular weight excluding hydrogens is 427 g/mol. The Morgan fingerprint density at radius 2 is 1.85 bits per heavy atom. The van der Waals surface area contributed by atoms with Gasteiger partial charge < -0.3 is 10.0 Å². The molecule has 2 fully saturated rings. The van der Waals surface area contributed by atoms with Crippen LogP contribution in [0.1, 0.15) is 52.4 Å². The van der Waals surface area contributed by atoms with E-state index in [1.165, 1.54) is 56.3 Å². The van der Waals surface area contributed by atoms with Crippen molar-refractivity contribution in [3.05, 3.63) is 10.6 Å². The van der Waals surface area contributed by atoms with Gasteiger partial charge in [-0.15, -0.1) is 11.4 Å². The standard InChI is InChI=1S/C20H36BrN2OPS/c1-4-16-13-17(21)14-19(20(16)24)26-25(3)23-11-7-18(8-12-23)22-9-5-15(2)6-10-22/h14-16,18-20,24H,4-13H2,1-3H3/t16-,19+,20-,25?/m1/s1. The minimum atomic E-state index is -0.229. The highest BCUT2D eigenvalue weighted by atomic mass is 79.9. The molecule has 0 spiro atoms. The fourth-order valence-electron chi connectivity index (χ4n) is 4.60. The van der Waals surface area contributed by atoms with Gasteiger partial charge in [0.15, 0.2) is 0 Å². The van der Waals surface area contributed by atoms with Crippen LogP contribution in [0.4, 0.5) is 0 Å². The maximum absolute atomic E-state index is 10.7. The van der Waals surface area contributed by atoms with E-state index in [4.69, 9.17) is 0 Å². The van der Waals surface area contributed by atoms with Crippen LogP contribution in [0, 0.1) is 11.8 Å². The van der Waals surface area contributed by atoms with Crippen LogP contribution in [-0.2, 0) is 0 Å². The molecule has 2 saturated heterocycles. The van der Waals surface area contributed by atoms with Crippen molar-refractivity contribution in [1.82, 2.24) is 9.57 Å². The predicted molar refractivity (Wildman–Crippen MR) is 120 cm³/mol. The van der Waals surface area contributed by atoms with Crippen LogP contribution in [-0.4, -0.2) is 64.9 Å². The van der Waals surface area contributed by atoms with E-state index in [0.717, 1.165) is 24.8 Å². The molecule has 0 aromatic heterocycles. The number of aliphatic hydroxyl groups excluding tert-OH is 1. The van der Waals surface area contributed by atoms with Crippen molar-refractivity contribution in [2.24, 2.45) is 11.8 Å². The Kier molecular flexibility index (Phi) is 8.36. The SMILES string of the molecule is CC[C@@H]1CC(Br)=C[C@H](SP(C)N2CCC(N3CCC(C)CC3)CC2)[C@@H]1O. The second-order valence-electron chi connectivity index (χ2n) is 8.41. The first-order valence-corrected chi connectivity index (χ1v) is 14.4. The van der Waals surface area contributed by atoms with Gasteiger partial charge in [0.25, 0.3) is 0 Å². The van der Waals surface area contributed by atoms with Gasteiger partial charge in [0.1, 0.15) is 0 Å². The molecule has 2 heterocycles. The second kappa shape index (κ2) is 10.1. The molecule has 6 heteroatoms. The van der Waals surface area contributed by atoms with Crippen molar-refractivity contribution in [3.8, 4) is 0 Å². The molecule has 3 rings (SSSR count). The highest BCUT2D eigenvalue weighted by Gasteiger charge is 2.34. The monoisotopic (exact) mass is 462 g/mol. The third kappa shape index (κ3) is 5.48. The third-order valence-electron chi connectivity index (χ3n) is 6.59. The Balaban J connectivity index is 1.47. The first-order valence-electron chi connectivity index (χ1n) is 10.4. The minimum Gasteiger partial charge on any atom is -0.391 e. The summed E-state index contributed by atoms with van der Waals surface area (Å²) >= 11 is 5.72. The minimum absolute atomic E-state index is 0.191. The lowest BCUT2D eigenvalue weighted by atomic mass is 9.89. The summed E-state index contributed by atoms with van der Waals surface area (Å²) < 4.78 is 3.99. The normalized spacial score (nSPS) is 34.7. The topological polar surface area (TPSA) is 26.7 Å². The molecule has 0 bridgehead atoms. The van der Waals surface area contributed by atoms with E-state index in [0.29, 0.717) is 5.92 Å². The fourth-order valence-corrected chi connectivity index (χ4v) is 9.83. The lowest BCUT2D eigenvalue weighted by molar-refractivity contribution is 0.102. The highest BCUT2D eigenvalue weighted by molar-refractivity contribution is 9.11. The quantitative estimate of drug-likeness (QED) is 0.560. The molecule has 3 nitrogen and oxygen atoms in total. The molecule has 0 aromatic carbocycles. The molecule has 4 atom stereocenters. The molecule has 0 saturated carbocycles. The van der Waals surface area contributed by atoms with E-state index in [9.17, 15) is 5.11 Å². The zero-order chi connectivity index (χ0) is 18.7. The van der Waals surface area contributed by atoms with Crippen LogP contribution in [0.2, 0.25) is 0 Å². The summed E-state index contributed by atoms with van der Waals surface area (Å²) in [5, 5.41) is 11.0. The van der Waals surface area contributed by atoms with Gasteiger partial charge in [-0.05, 0) is 68.2 Å². The van der Waals surface area contributed by atoms with E-state index in [1.807, 2.05) is 11.4 Å². The number of rotatable bonds is 5. The Bertz CT molecular complexity index is 478. The van der Waals surface area contributed by atoms with Crippen LogP contribution in [0.25, 0.3) is 0 Å². The summed E-state index contributed by atoms with van der Waals surface area (Å²) in [7, 11) is -0.229. The number of hydrogen-bond acceptors (Lipinski definition) is 4. The van der Waals surface area contributed by atoms with Gasteiger partial charge in [-0.25, -0.2) is 0 Å². The lowest BCUT2D eigenvalue weighted by Gasteiger charge is -2.43. The molecule has 150 valence electrons. The van der Waals surface area contributed by atoms with E-state index in [-0.39, 0.29) is 18.6 Å². The molecule has 1 aliphatic carbocycles. The van der Waals surface area contributed by atoms with Crippen LogP contribution < -0.4 is 0 Å². The summed E-state index contributed by atoms with van der Waals surface area (Å²) in [4.78, 5) is 2.76. The van der Waals surface area contributed by atoms with Gasteiger partial charge in [-0.1, -0.05) is 42.3 Å². The zero-order valence-electron chi connectivity index (χ0n) is 16.6. The highest BCUT2D eigenvalue weighted by Crippen LogP contribution is 2.55. The Morgan fingerprint density at radius 3 is 2.46 bits per heavy atom. The maximum atomic E-state index is 10.7. The fraction of sp³-hybridized carbons (Fsp3) is 0.900.